The molecule has 0 aliphatic rings. The molecule has 16 heavy (non-hydrogen) atoms. The third kappa shape index (κ3) is 5.47. The summed E-state index contributed by atoms with van der Waals surface area (Å²) in [7, 11) is -2.85. The molecule has 0 radical (unpaired) electrons. The monoisotopic (exact) mass is 373 g/mol. The largest absolute Gasteiger partial charge is 0.452 e. The minimum atomic E-state index is -2.85. The Balaban J connectivity index is 2.21. The van der Waals surface area contributed by atoms with Gasteiger partial charge in [0.1, 0.15) is 15.6 Å². The minimum absolute atomic E-state index is 0.214. The van der Waals surface area contributed by atoms with Crippen molar-refractivity contribution in [3.8, 4) is 0 Å². The molecule has 0 saturated carbocycles. The molecule has 0 amide bonds. The zero-order chi connectivity index (χ0) is 12.2. The van der Waals surface area contributed by atoms with Gasteiger partial charge >= 0.3 is 0 Å². The maximum absolute atomic E-state index is 10.9. The van der Waals surface area contributed by atoms with Gasteiger partial charge in [0.25, 0.3) is 0 Å². The first-order valence-corrected chi connectivity index (χ1v) is 8.35. The molecular weight excluding hydrogens is 362 g/mol. The maximum atomic E-state index is 10.9. The summed E-state index contributed by atoms with van der Waals surface area (Å²) in [6.07, 6.45) is 1.86. The third-order valence-electron chi connectivity index (χ3n) is 1.86. The van der Waals surface area contributed by atoms with Gasteiger partial charge in [0.2, 0.25) is 0 Å². The van der Waals surface area contributed by atoms with E-state index in [1.165, 1.54) is 6.26 Å². The fraction of sp³-hybridized carbons (Fsp3) is 0.556. The first-order chi connectivity index (χ1) is 7.38. The van der Waals surface area contributed by atoms with Gasteiger partial charge in [-0.1, -0.05) is 0 Å². The molecule has 0 saturated heterocycles. The summed E-state index contributed by atoms with van der Waals surface area (Å²) >= 11 is 6.56. The average Bonchev–Trinajstić information content (AvgIpc) is 2.44. The molecule has 0 unspecified atom stereocenters. The van der Waals surface area contributed by atoms with Crippen molar-refractivity contribution in [2.45, 2.75) is 13.0 Å². The fourth-order valence-electron chi connectivity index (χ4n) is 1.15. The second-order valence-electron chi connectivity index (χ2n) is 3.49. The molecule has 1 N–H and O–H groups in total. The molecule has 1 aromatic rings. The number of nitrogens with one attached hydrogen (secondary N) is 1. The lowest BCUT2D eigenvalue weighted by Gasteiger charge is -2.01. The SMILES string of the molecule is CS(=O)(=O)CCCNCc1cc(Br)c(Br)o1. The molecule has 1 aromatic heterocycles. The van der Waals surface area contributed by atoms with E-state index in [-0.39, 0.29) is 5.75 Å². The van der Waals surface area contributed by atoms with Crippen LogP contribution in [0.5, 0.6) is 0 Å². The van der Waals surface area contributed by atoms with Gasteiger partial charge in [-0.3, -0.25) is 0 Å². The molecule has 1 rings (SSSR count). The van der Waals surface area contributed by atoms with E-state index in [1.807, 2.05) is 6.07 Å². The van der Waals surface area contributed by atoms with Gasteiger partial charge in [-0.15, -0.1) is 0 Å². The maximum Gasteiger partial charge on any atom is 0.183 e. The summed E-state index contributed by atoms with van der Waals surface area (Å²) in [5.41, 5.74) is 0. The lowest BCUT2D eigenvalue weighted by atomic mass is 10.4. The van der Waals surface area contributed by atoms with Gasteiger partial charge in [0.05, 0.1) is 16.8 Å². The van der Waals surface area contributed by atoms with E-state index >= 15 is 0 Å². The fourth-order valence-corrected chi connectivity index (χ4v) is 2.48. The van der Waals surface area contributed by atoms with E-state index in [0.29, 0.717) is 24.2 Å². The summed E-state index contributed by atoms with van der Waals surface area (Å²) in [5, 5.41) is 3.11. The highest BCUT2D eigenvalue weighted by Crippen LogP contribution is 2.26. The highest BCUT2D eigenvalue weighted by molar-refractivity contribution is 9.13. The van der Waals surface area contributed by atoms with Crippen molar-refractivity contribution >= 4 is 41.7 Å². The van der Waals surface area contributed by atoms with Gasteiger partial charge < -0.3 is 9.73 Å². The summed E-state index contributed by atoms with van der Waals surface area (Å²) in [4.78, 5) is 0. The molecule has 0 bridgehead atoms. The second kappa shape index (κ2) is 6.18. The molecule has 1 heterocycles. The zero-order valence-corrected chi connectivity index (χ0v) is 12.8. The minimum Gasteiger partial charge on any atom is -0.452 e. The summed E-state index contributed by atoms with van der Waals surface area (Å²) < 4.78 is 28.6. The first kappa shape index (κ1) is 14.2. The Labute approximate surface area is 112 Å². The van der Waals surface area contributed by atoms with E-state index in [0.717, 1.165) is 10.2 Å². The second-order valence-corrected chi connectivity index (χ2v) is 7.33. The van der Waals surface area contributed by atoms with Crippen LogP contribution in [0.3, 0.4) is 0 Å². The normalized spacial score (nSPS) is 11.9. The summed E-state index contributed by atoms with van der Waals surface area (Å²) in [5.74, 6) is 1.02. The Hall–Kier alpha value is 0.150. The number of furan rings is 1. The van der Waals surface area contributed by atoms with Crippen LogP contribution in [0.1, 0.15) is 12.2 Å². The molecule has 0 fully saturated rings. The Kier molecular flexibility index (Phi) is 5.49. The molecular formula is C9H13Br2NO3S. The molecule has 0 spiro atoms. The van der Waals surface area contributed by atoms with Crippen molar-refractivity contribution in [3.63, 3.8) is 0 Å². The smallest absolute Gasteiger partial charge is 0.183 e. The third-order valence-corrected chi connectivity index (χ3v) is 4.60. The number of hydrogen-bond acceptors (Lipinski definition) is 4. The molecule has 0 aliphatic heterocycles. The van der Waals surface area contributed by atoms with Crippen LogP contribution in [0.15, 0.2) is 19.6 Å². The van der Waals surface area contributed by atoms with Crippen LogP contribution in [-0.2, 0) is 16.4 Å². The van der Waals surface area contributed by atoms with E-state index < -0.39 is 9.84 Å². The molecule has 7 heteroatoms. The molecule has 92 valence electrons. The number of rotatable bonds is 6. The molecule has 0 atom stereocenters. The summed E-state index contributed by atoms with van der Waals surface area (Å²) in [6.45, 7) is 1.25. The zero-order valence-electron chi connectivity index (χ0n) is 8.79. The predicted molar refractivity (Wildman–Crippen MR) is 70.1 cm³/mol. The Morgan fingerprint density at radius 1 is 1.44 bits per heavy atom. The number of hydrogen-bond donors (Lipinski definition) is 1. The topological polar surface area (TPSA) is 59.3 Å². The van der Waals surface area contributed by atoms with E-state index in [4.69, 9.17) is 4.42 Å². The Morgan fingerprint density at radius 2 is 2.12 bits per heavy atom. The van der Waals surface area contributed by atoms with Crippen molar-refractivity contribution in [2.24, 2.45) is 0 Å². The van der Waals surface area contributed by atoms with Crippen LogP contribution in [0.2, 0.25) is 0 Å². The van der Waals surface area contributed by atoms with Crippen molar-refractivity contribution in [1.82, 2.24) is 5.32 Å². The van der Waals surface area contributed by atoms with Gasteiger partial charge in [0.15, 0.2) is 4.67 Å². The van der Waals surface area contributed by atoms with Gasteiger partial charge in [0, 0.05) is 6.26 Å². The van der Waals surface area contributed by atoms with Gasteiger partial charge in [-0.2, -0.15) is 0 Å². The van der Waals surface area contributed by atoms with Crippen LogP contribution in [-0.4, -0.2) is 27.0 Å². The van der Waals surface area contributed by atoms with Crippen LogP contribution in [0, 0.1) is 0 Å². The van der Waals surface area contributed by atoms with Crippen molar-refractivity contribution < 1.29 is 12.8 Å². The van der Waals surface area contributed by atoms with E-state index in [9.17, 15) is 8.42 Å². The standard InChI is InChI=1S/C9H13Br2NO3S/c1-16(13,14)4-2-3-12-6-7-5-8(10)9(11)15-7/h5,12H,2-4,6H2,1H3. The predicted octanol–water partition coefficient (Wildman–Crippen LogP) is 2.33. The van der Waals surface area contributed by atoms with E-state index in [1.54, 1.807) is 0 Å². The molecule has 0 aliphatic carbocycles. The van der Waals surface area contributed by atoms with E-state index in [2.05, 4.69) is 37.2 Å². The number of halogens is 2. The molecule has 0 aromatic carbocycles. The Morgan fingerprint density at radius 3 is 2.62 bits per heavy atom. The molecule has 4 nitrogen and oxygen atoms in total. The lowest BCUT2D eigenvalue weighted by molar-refractivity contribution is 0.464. The summed E-state index contributed by atoms with van der Waals surface area (Å²) in [6, 6.07) is 1.87. The van der Waals surface area contributed by atoms with Crippen LogP contribution < -0.4 is 5.32 Å². The average molecular weight is 375 g/mol. The van der Waals surface area contributed by atoms with Gasteiger partial charge in [-0.25, -0.2) is 8.42 Å². The van der Waals surface area contributed by atoms with Crippen molar-refractivity contribution in [1.29, 1.82) is 0 Å². The van der Waals surface area contributed by atoms with Crippen molar-refractivity contribution in [3.05, 3.63) is 21.0 Å². The van der Waals surface area contributed by atoms with Crippen LogP contribution in [0.25, 0.3) is 0 Å². The Bertz CT molecular complexity index is 422. The lowest BCUT2D eigenvalue weighted by Crippen LogP contribution is -2.17. The quantitative estimate of drug-likeness (QED) is 0.776. The highest BCUT2D eigenvalue weighted by atomic mass is 79.9. The van der Waals surface area contributed by atoms with Gasteiger partial charge in [-0.05, 0) is 50.9 Å². The number of sulfone groups is 1. The highest BCUT2D eigenvalue weighted by Gasteiger charge is 2.05. The van der Waals surface area contributed by atoms with Crippen molar-refractivity contribution in [2.75, 3.05) is 18.6 Å². The van der Waals surface area contributed by atoms with Crippen LogP contribution in [0.4, 0.5) is 0 Å². The first-order valence-electron chi connectivity index (χ1n) is 4.70. The van der Waals surface area contributed by atoms with Crippen LogP contribution >= 0.6 is 31.9 Å².